The Morgan fingerprint density at radius 2 is 2.24 bits per heavy atom. The van der Waals surface area contributed by atoms with Crippen molar-refractivity contribution in [2.45, 2.75) is 24.9 Å². The second kappa shape index (κ2) is 4.35. The molecule has 3 rings (SSSR count). The predicted octanol–water partition coefficient (Wildman–Crippen LogP) is 3.70. The Labute approximate surface area is 109 Å². The van der Waals surface area contributed by atoms with Crippen LogP contribution in [0.3, 0.4) is 0 Å². The van der Waals surface area contributed by atoms with Crippen LogP contribution in [0.25, 0.3) is 11.6 Å². The van der Waals surface area contributed by atoms with Gasteiger partial charge in [0.2, 0.25) is 0 Å². The van der Waals surface area contributed by atoms with E-state index in [1.165, 1.54) is 0 Å². The van der Waals surface area contributed by atoms with Crippen molar-refractivity contribution in [3.05, 3.63) is 34.3 Å². The Hall–Kier alpha value is -1.00. The van der Waals surface area contributed by atoms with Crippen molar-refractivity contribution in [2.24, 2.45) is 0 Å². The average molecular weight is 267 g/mol. The number of aromatic nitrogens is 2. The molecular weight excluding hydrogens is 256 g/mol. The second-order valence-corrected chi connectivity index (χ2v) is 5.22. The van der Waals surface area contributed by atoms with Gasteiger partial charge in [-0.2, -0.15) is 11.8 Å². The zero-order valence-electron chi connectivity index (χ0n) is 9.36. The summed E-state index contributed by atoms with van der Waals surface area (Å²) < 4.78 is 5.64. The number of halogens is 1. The molecular formula is C12H11ClN2OS. The highest BCUT2D eigenvalue weighted by atomic mass is 35.5. The van der Waals surface area contributed by atoms with Crippen LogP contribution in [-0.4, -0.2) is 9.97 Å². The number of hydrogen-bond donors (Lipinski definition) is 0. The molecule has 0 aromatic carbocycles. The highest BCUT2D eigenvalue weighted by molar-refractivity contribution is 7.98. The molecule has 3 nitrogen and oxygen atoms in total. The summed E-state index contributed by atoms with van der Waals surface area (Å²) in [7, 11) is 0. The van der Waals surface area contributed by atoms with E-state index < -0.39 is 0 Å². The summed E-state index contributed by atoms with van der Waals surface area (Å²) in [5.74, 6) is 4.05. The maximum Gasteiger partial charge on any atom is 0.197 e. The summed E-state index contributed by atoms with van der Waals surface area (Å²) in [6.45, 7) is 2.05. The van der Waals surface area contributed by atoms with Crippen molar-refractivity contribution in [1.82, 2.24) is 9.97 Å². The summed E-state index contributed by atoms with van der Waals surface area (Å²) in [4.78, 5) is 8.83. The van der Waals surface area contributed by atoms with Gasteiger partial charge in [-0.1, -0.05) is 18.5 Å². The topological polar surface area (TPSA) is 38.9 Å². The Morgan fingerprint density at radius 1 is 1.35 bits per heavy atom. The maximum atomic E-state index is 6.16. The minimum absolute atomic E-state index is 0.560. The van der Waals surface area contributed by atoms with Crippen LogP contribution in [0.15, 0.2) is 16.5 Å². The first kappa shape index (κ1) is 11.1. The number of fused-ring (bicyclic) bond motifs is 1. The van der Waals surface area contributed by atoms with Gasteiger partial charge in [0.05, 0.1) is 5.69 Å². The van der Waals surface area contributed by atoms with Gasteiger partial charge >= 0.3 is 0 Å². The molecule has 3 heterocycles. The Morgan fingerprint density at radius 3 is 3.00 bits per heavy atom. The van der Waals surface area contributed by atoms with Crippen LogP contribution in [0, 0.1) is 0 Å². The number of thioether (sulfide) groups is 1. The monoisotopic (exact) mass is 266 g/mol. The third-order valence-corrected chi connectivity index (χ3v) is 4.04. The summed E-state index contributed by atoms with van der Waals surface area (Å²) in [5.41, 5.74) is 2.11. The lowest BCUT2D eigenvalue weighted by molar-refractivity contribution is 0.525. The minimum atomic E-state index is 0.560. The number of furan rings is 1. The molecule has 0 fully saturated rings. The quantitative estimate of drug-likeness (QED) is 0.777. The Balaban J connectivity index is 2.06. The SMILES string of the molecule is CCc1ccc(-c2nc(Cl)c3c(n2)CSC3)o1. The van der Waals surface area contributed by atoms with Gasteiger partial charge in [-0.25, -0.2) is 9.97 Å². The van der Waals surface area contributed by atoms with Crippen LogP contribution in [0.4, 0.5) is 0 Å². The molecule has 0 aliphatic carbocycles. The summed E-state index contributed by atoms with van der Waals surface area (Å²) in [5, 5.41) is 0.560. The molecule has 0 saturated carbocycles. The van der Waals surface area contributed by atoms with Crippen LogP contribution in [-0.2, 0) is 17.9 Å². The fourth-order valence-electron chi connectivity index (χ4n) is 1.81. The van der Waals surface area contributed by atoms with Crippen molar-refractivity contribution < 1.29 is 4.42 Å². The lowest BCUT2D eigenvalue weighted by atomic mass is 10.2. The molecule has 1 aliphatic heterocycles. The molecule has 88 valence electrons. The highest BCUT2D eigenvalue weighted by Crippen LogP contribution is 2.34. The number of aryl methyl sites for hydroxylation is 1. The lowest BCUT2D eigenvalue weighted by Crippen LogP contribution is -1.96. The van der Waals surface area contributed by atoms with E-state index in [1.54, 1.807) is 0 Å². The molecule has 0 atom stereocenters. The van der Waals surface area contributed by atoms with Crippen molar-refractivity contribution >= 4 is 23.4 Å². The molecule has 0 N–H and O–H groups in total. The van der Waals surface area contributed by atoms with Gasteiger partial charge in [0.25, 0.3) is 0 Å². The van der Waals surface area contributed by atoms with E-state index in [-0.39, 0.29) is 0 Å². The minimum Gasteiger partial charge on any atom is -0.458 e. The van der Waals surface area contributed by atoms with Gasteiger partial charge < -0.3 is 4.42 Å². The van der Waals surface area contributed by atoms with Crippen molar-refractivity contribution in [3.63, 3.8) is 0 Å². The van der Waals surface area contributed by atoms with E-state index in [0.717, 1.165) is 34.9 Å². The molecule has 0 spiro atoms. The van der Waals surface area contributed by atoms with Gasteiger partial charge in [0.15, 0.2) is 11.6 Å². The fraction of sp³-hybridized carbons (Fsp3) is 0.333. The normalized spacial score (nSPS) is 14.0. The van der Waals surface area contributed by atoms with E-state index in [0.29, 0.717) is 16.7 Å². The first-order valence-electron chi connectivity index (χ1n) is 5.50. The number of hydrogen-bond acceptors (Lipinski definition) is 4. The molecule has 0 bridgehead atoms. The van der Waals surface area contributed by atoms with Crippen molar-refractivity contribution in [2.75, 3.05) is 0 Å². The molecule has 1 aliphatic rings. The molecule has 2 aromatic rings. The van der Waals surface area contributed by atoms with Gasteiger partial charge in [0, 0.05) is 23.5 Å². The molecule has 5 heteroatoms. The van der Waals surface area contributed by atoms with Crippen LogP contribution in [0.2, 0.25) is 5.15 Å². The zero-order valence-corrected chi connectivity index (χ0v) is 10.9. The smallest absolute Gasteiger partial charge is 0.197 e. The zero-order chi connectivity index (χ0) is 11.8. The summed E-state index contributed by atoms with van der Waals surface area (Å²) >= 11 is 7.97. The van der Waals surface area contributed by atoms with E-state index in [1.807, 2.05) is 23.9 Å². The Bertz CT molecular complexity index is 568. The maximum absolute atomic E-state index is 6.16. The number of nitrogens with zero attached hydrogens (tertiary/aromatic N) is 2. The largest absolute Gasteiger partial charge is 0.458 e. The lowest BCUT2D eigenvalue weighted by Gasteiger charge is -2.02. The van der Waals surface area contributed by atoms with Crippen LogP contribution < -0.4 is 0 Å². The second-order valence-electron chi connectivity index (χ2n) is 3.88. The first-order valence-corrected chi connectivity index (χ1v) is 7.03. The van der Waals surface area contributed by atoms with Crippen LogP contribution in [0.1, 0.15) is 23.9 Å². The van der Waals surface area contributed by atoms with E-state index >= 15 is 0 Å². The molecule has 17 heavy (non-hydrogen) atoms. The third kappa shape index (κ3) is 1.96. The standard InChI is InChI=1S/C12H11ClN2OS/c1-2-7-3-4-10(16-7)12-14-9-6-17-5-8(9)11(13)15-12/h3-4H,2,5-6H2,1H3. The van der Waals surface area contributed by atoms with Crippen LogP contribution in [0.5, 0.6) is 0 Å². The molecule has 2 aromatic heterocycles. The Kier molecular flexibility index (Phi) is 2.84. The average Bonchev–Trinajstić information content (AvgIpc) is 2.97. The molecule has 0 saturated heterocycles. The van der Waals surface area contributed by atoms with E-state index in [9.17, 15) is 0 Å². The van der Waals surface area contributed by atoms with Crippen molar-refractivity contribution in [3.8, 4) is 11.6 Å². The predicted molar refractivity (Wildman–Crippen MR) is 69.1 cm³/mol. The number of rotatable bonds is 2. The van der Waals surface area contributed by atoms with Crippen molar-refractivity contribution in [1.29, 1.82) is 0 Å². The van der Waals surface area contributed by atoms with E-state index in [2.05, 4.69) is 16.9 Å². The van der Waals surface area contributed by atoms with Gasteiger partial charge in [-0.05, 0) is 12.1 Å². The van der Waals surface area contributed by atoms with Gasteiger partial charge in [0.1, 0.15) is 10.9 Å². The summed E-state index contributed by atoms with van der Waals surface area (Å²) in [6.07, 6.45) is 0.870. The summed E-state index contributed by atoms with van der Waals surface area (Å²) in [6, 6.07) is 3.85. The molecule has 0 amide bonds. The highest BCUT2D eigenvalue weighted by Gasteiger charge is 2.20. The fourth-order valence-corrected chi connectivity index (χ4v) is 3.19. The van der Waals surface area contributed by atoms with Gasteiger partial charge in [-0.3, -0.25) is 0 Å². The molecule has 0 unspecified atom stereocenters. The first-order chi connectivity index (χ1) is 8.28. The molecule has 0 radical (unpaired) electrons. The van der Waals surface area contributed by atoms with E-state index in [4.69, 9.17) is 16.0 Å². The van der Waals surface area contributed by atoms with Gasteiger partial charge in [-0.15, -0.1) is 0 Å². The third-order valence-electron chi connectivity index (χ3n) is 2.76. The van der Waals surface area contributed by atoms with Crippen LogP contribution >= 0.6 is 23.4 Å².